The number of benzene rings is 1. The van der Waals surface area contributed by atoms with E-state index in [9.17, 15) is 18.0 Å². The zero-order chi connectivity index (χ0) is 13.3. The fourth-order valence-corrected chi connectivity index (χ4v) is 1.39. The van der Waals surface area contributed by atoms with Crippen LogP contribution in [0.5, 0.6) is 0 Å². The minimum atomic E-state index is -4.55. The van der Waals surface area contributed by atoms with E-state index < -0.39 is 23.4 Å². The molecule has 0 bridgehead atoms. The number of para-hydroxylation sites is 1. The highest BCUT2D eigenvalue weighted by Crippen LogP contribution is 2.33. The van der Waals surface area contributed by atoms with Crippen molar-refractivity contribution in [1.82, 2.24) is 15.0 Å². The van der Waals surface area contributed by atoms with Gasteiger partial charge in [0, 0.05) is 0 Å². The highest BCUT2D eigenvalue weighted by atomic mass is 19.4. The maximum Gasteiger partial charge on any atom is 0.418 e. The van der Waals surface area contributed by atoms with Gasteiger partial charge in [-0.1, -0.05) is 17.3 Å². The number of halogens is 3. The average Bonchev–Trinajstić information content (AvgIpc) is 2.77. The molecule has 1 aromatic heterocycles. The van der Waals surface area contributed by atoms with Gasteiger partial charge >= 0.3 is 12.1 Å². The molecule has 0 spiro atoms. The molecule has 0 atom stereocenters. The third-order valence-electron chi connectivity index (χ3n) is 2.17. The predicted molar refractivity (Wildman–Crippen MR) is 53.3 cm³/mol. The van der Waals surface area contributed by atoms with Gasteiger partial charge in [-0.2, -0.15) is 13.2 Å². The third kappa shape index (κ3) is 2.17. The van der Waals surface area contributed by atoms with Crippen molar-refractivity contribution in [3.8, 4) is 5.69 Å². The number of aromatic carboxylic acids is 1. The average molecular weight is 257 g/mol. The number of hydrogen-bond donors (Lipinski definition) is 1. The molecule has 0 unspecified atom stereocenters. The number of alkyl halides is 3. The molecule has 0 saturated heterocycles. The molecule has 0 saturated carbocycles. The first-order valence-corrected chi connectivity index (χ1v) is 4.72. The molecule has 1 heterocycles. The second kappa shape index (κ2) is 4.13. The molecule has 2 rings (SSSR count). The van der Waals surface area contributed by atoms with Crippen LogP contribution >= 0.6 is 0 Å². The lowest BCUT2D eigenvalue weighted by atomic mass is 10.1. The Morgan fingerprint density at radius 1 is 1.28 bits per heavy atom. The Bertz CT molecular complexity index is 592. The lowest BCUT2D eigenvalue weighted by molar-refractivity contribution is -0.137. The van der Waals surface area contributed by atoms with Crippen LogP contribution in [-0.2, 0) is 6.18 Å². The van der Waals surface area contributed by atoms with E-state index in [-0.39, 0.29) is 5.69 Å². The van der Waals surface area contributed by atoms with E-state index in [4.69, 9.17) is 5.11 Å². The maximum atomic E-state index is 12.7. The van der Waals surface area contributed by atoms with Gasteiger partial charge < -0.3 is 5.11 Å². The Morgan fingerprint density at radius 2 is 1.94 bits per heavy atom. The van der Waals surface area contributed by atoms with Crippen LogP contribution in [0.25, 0.3) is 5.69 Å². The number of carboxylic acid groups (broad SMARTS) is 1. The van der Waals surface area contributed by atoms with Crippen LogP contribution < -0.4 is 0 Å². The summed E-state index contributed by atoms with van der Waals surface area (Å²) in [5.74, 6) is -1.36. The van der Waals surface area contributed by atoms with Gasteiger partial charge in [0.15, 0.2) is 5.69 Å². The zero-order valence-electron chi connectivity index (χ0n) is 8.72. The van der Waals surface area contributed by atoms with Crippen LogP contribution in [0, 0.1) is 0 Å². The zero-order valence-corrected chi connectivity index (χ0v) is 8.72. The minimum Gasteiger partial charge on any atom is -0.476 e. The molecule has 18 heavy (non-hydrogen) atoms. The maximum absolute atomic E-state index is 12.7. The Hall–Kier alpha value is -2.38. The summed E-state index contributed by atoms with van der Waals surface area (Å²) in [6.45, 7) is 0. The van der Waals surface area contributed by atoms with Crippen LogP contribution in [0.4, 0.5) is 13.2 Å². The number of rotatable bonds is 2. The first kappa shape index (κ1) is 12.1. The summed E-state index contributed by atoms with van der Waals surface area (Å²) >= 11 is 0. The molecule has 0 aliphatic carbocycles. The van der Waals surface area contributed by atoms with Crippen molar-refractivity contribution in [1.29, 1.82) is 0 Å². The number of aromatic nitrogens is 3. The Morgan fingerprint density at radius 3 is 2.50 bits per heavy atom. The van der Waals surface area contributed by atoms with Crippen molar-refractivity contribution in [2.24, 2.45) is 0 Å². The molecular weight excluding hydrogens is 251 g/mol. The second-order valence-corrected chi connectivity index (χ2v) is 3.37. The summed E-state index contributed by atoms with van der Waals surface area (Å²) in [7, 11) is 0. The van der Waals surface area contributed by atoms with Crippen molar-refractivity contribution in [2.45, 2.75) is 6.18 Å². The standard InChI is InChI=1S/C10H6F3N3O2/c11-10(12,13)6-3-1-2-4-8(6)16-5-7(9(17)18)14-15-16/h1-5H,(H,17,18). The monoisotopic (exact) mass is 257 g/mol. The van der Waals surface area contributed by atoms with E-state index in [1.807, 2.05) is 0 Å². The summed E-state index contributed by atoms with van der Waals surface area (Å²) in [5, 5.41) is 15.3. The van der Waals surface area contributed by atoms with Crippen LogP contribution in [0.3, 0.4) is 0 Å². The lowest BCUT2D eigenvalue weighted by Crippen LogP contribution is -2.11. The SMILES string of the molecule is O=C(O)c1cn(-c2ccccc2C(F)(F)F)nn1. The van der Waals surface area contributed by atoms with Gasteiger partial charge in [-0.25, -0.2) is 9.48 Å². The summed E-state index contributed by atoms with van der Waals surface area (Å²) in [6, 6.07) is 4.70. The lowest BCUT2D eigenvalue weighted by Gasteiger charge is -2.11. The fraction of sp³-hybridized carbons (Fsp3) is 0.100. The van der Waals surface area contributed by atoms with E-state index >= 15 is 0 Å². The topological polar surface area (TPSA) is 68.0 Å². The largest absolute Gasteiger partial charge is 0.476 e. The Kier molecular flexibility index (Phi) is 2.77. The van der Waals surface area contributed by atoms with Gasteiger partial charge in [-0.05, 0) is 12.1 Å². The predicted octanol–water partition coefficient (Wildman–Crippen LogP) is 1.98. The fourth-order valence-electron chi connectivity index (χ4n) is 1.39. The Balaban J connectivity index is 2.53. The van der Waals surface area contributed by atoms with Gasteiger partial charge in [-0.15, -0.1) is 5.10 Å². The van der Waals surface area contributed by atoms with Crippen LogP contribution in [-0.4, -0.2) is 26.1 Å². The highest BCUT2D eigenvalue weighted by molar-refractivity contribution is 5.84. The third-order valence-corrected chi connectivity index (χ3v) is 2.17. The molecule has 1 aromatic carbocycles. The smallest absolute Gasteiger partial charge is 0.418 e. The second-order valence-electron chi connectivity index (χ2n) is 3.37. The molecule has 2 aromatic rings. The summed E-state index contributed by atoms with van der Waals surface area (Å²) < 4.78 is 38.9. The number of carbonyl (C=O) groups is 1. The highest BCUT2D eigenvalue weighted by Gasteiger charge is 2.34. The molecule has 0 amide bonds. The first-order valence-electron chi connectivity index (χ1n) is 4.72. The van der Waals surface area contributed by atoms with E-state index in [0.717, 1.165) is 16.9 Å². The van der Waals surface area contributed by atoms with Crippen molar-refractivity contribution in [3.63, 3.8) is 0 Å². The molecule has 0 aliphatic rings. The van der Waals surface area contributed by atoms with Gasteiger partial charge in [0.05, 0.1) is 17.4 Å². The van der Waals surface area contributed by atoms with Crippen molar-refractivity contribution in [3.05, 3.63) is 41.7 Å². The van der Waals surface area contributed by atoms with Crippen LogP contribution in [0.1, 0.15) is 16.1 Å². The molecule has 0 radical (unpaired) electrons. The van der Waals surface area contributed by atoms with E-state index in [0.29, 0.717) is 0 Å². The summed E-state index contributed by atoms with van der Waals surface area (Å²) in [6.07, 6.45) is -3.63. The molecule has 94 valence electrons. The van der Waals surface area contributed by atoms with Gasteiger partial charge in [0.2, 0.25) is 0 Å². The summed E-state index contributed by atoms with van der Waals surface area (Å²) in [5.41, 5.74) is -1.61. The van der Waals surface area contributed by atoms with Crippen molar-refractivity contribution < 1.29 is 23.1 Å². The van der Waals surface area contributed by atoms with Gasteiger partial charge in [-0.3, -0.25) is 0 Å². The minimum absolute atomic E-state index is 0.273. The van der Waals surface area contributed by atoms with E-state index in [2.05, 4.69) is 10.3 Å². The Labute approximate surface area is 98.5 Å². The summed E-state index contributed by atoms with van der Waals surface area (Å²) in [4.78, 5) is 10.6. The van der Waals surface area contributed by atoms with Crippen molar-refractivity contribution >= 4 is 5.97 Å². The molecule has 8 heteroatoms. The van der Waals surface area contributed by atoms with E-state index in [1.165, 1.54) is 18.2 Å². The van der Waals surface area contributed by atoms with Crippen molar-refractivity contribution in [2.75, 3.05) is 0 Å². The number of carboxylic acids is 1. The normalized spacial score (nSPS) is 11.5. The molecule has 1 N–H and O–H groups in total. The first-order chi connectivity index (χ1) is 8.39. The van der Waals surface area contributed by atoms with E-state index in [1.54, 1.807) is 0 Å². The van der Waals surface area contributed by atoms with Gasteiger partial charge in [0.25, 0.3) is 0 Å². The van der Waals surface area contributed by atoms with Gasteiger partial charge in [0.1, 0.15) is 0 Å². The number of nitrogens with zero attached hydrogens (tertiary/aromatic N) is 3. The molecule has 5 nitrogen and oxygen atoms in total. The molecular formula is C10H6F3N3O2. The molecule has 0 fully saturated rings. The van der Waals surface area contributed by atoms with Crippen LogP contribution in [0.15, 0.2) is 30.5 Å². The molecule has 0 aliphatic heterocycles. The van der Waals surface area contributed by atoms with Crippen LogP contribution in [0.2, 0.25) is 0 Å². The quantitative estimate of drug-likeness (QED) is 0.893. The number of hydrogen-bond acceptors (Lipinski definition) is 3.